The number of fused-ring (bicyclic) bond motifs is 3. The average Bonchev–Trinajstić information content (AvgIpc) is 3.08. The summed E-state index contributed by atoms with van der Waals surface area (Å²) in [6.07, 6.45) is -0.502. The number of benzene rings is 2. The van der Waals surface area contributed by atoms with Crippen molar-refractivity contribution in [3.8, 4) is 11.1 Å². The van der Waals surface area contributed by atoms with Gasteiger partial charge in [0.2, 0.25) is 5.91 Å². The lowest BCUT2D eigenvalue weighted by atomic mass is 9.98. The van der Waals surface area contributed by atoms with Crippen molar-refractivity contribution in [2.45, 2.75) is 18.8 Å². The molecule has 8 nitrogen and oxygen atoms in total. The van der Waals surface area contributed by atoms with Gasteiger partial charge in [0.25, 0.3) is 0 Å². The minimum absolute atomic E-state index is 0.00837. The Balaban J connectivity index is 1.33. The van der Waals surface area contributed by atoms with Crippen LogP contribution in [0.25, 0.3) is 11.1 Å². The van der Waals surface area contributed by atoms with E-state index in [2.05, 4.69) is 34.9 Å². The molecule has 0 saturated heterocycles. The van der Waals surface area contributed by atoms with Gasteiger partial charge in [-0.15, -0.1) is 0 Å². The van der Waals surface area contributed by atoms with E-state index >= 15 is 0 Å². The van der Waals surface area contributed by atoms with Gasteiger partial charge >= 0.3 is 12.1 Å². The van der Waals surface area contributed by atoms with Gasteiger partial charge in [0.15, 0.2) is 0 Å². The highest BCUT2D eigenvalue weighted by Crippen LogP contribution is 2.44. The molecule has 0 radical (unpaired) electrons. The molecule has 0 aromatic heterocycles. The van der Waals surface area contributed by atoms with E-state index < -0.39 is 12.1 Å². The minimum atomic E-state index is -0.962. The summed E-state index contributed by atoms with van der Waals surface area (Å²) in [6, 6.07) is 16.3. The largest absolute Gasteiger partial charge is 0.481 e. The van der Waals surface area contributed by atoms with Gasteiger partial charge in [0, 0.05) is 25.4 Å². The molecule has 0 unspecified atom stereocenters. The van der Waals surface area contributed by atoms with Gasteiger partial charge in [-0.25, -0.2) is 4.79 Å². The molecular formula is C23H26N2O6. The van der Waals surface area contributed by atoms with Crippen LogP contribution >= 0.6 is 0 Å². The molecule has 2 aromatic carbocycles. The Morgan fingerprint density at radius 2 is 1.48 bits per heavy atom. The van der Waals surface area contributed by atoms with Gasteiger partial charge in [-0.2, -0.15) is 0 Å². The van der Waals surface area contributed by atoms with Crippen LogP contribution in [-0.4, -0.2) is 56.0 Å². The molecule has 3 N–H and O–H groups in total. The first-order valence-corrected chi connectivity index (χ1v) is 10.2. The van der Waals surface area contributed by atoms with E-state index in [9.17, 15) is 14.4 Å². The van der Waals surface area contributed by atoms with Crippen molar-refractivity contribution >= 4 is 18.0 Å². The first kappa shape index (κ1) is 22.3. The maximum absolute atomic E-state index is 12.0. The number of amides is 2. The van der Waals surface area contributed by atoms with Crippen molar-refractivity contribution < 1.29 is 29.0 Å². The zero-order valence-electron chi connectivity index (χ0n) is 17.1. The zero-order valence-corrected chi connectivity index (χ0v) is 17.1. The predicted octanol–water partition coefficient (Wildman–Crippen LogP) is 2.52. The number of nitrogens with one attached hydrogen (secondary N) is 2. The molecule has 0 bridgehead atoms. The molecular weight excluding hydrogens is 400 g/mol. The third kappa shape index (κ3) is 6.29. The molecule has 0 saturated carbocycles. The van der Waals surface area contributed by atoms with Crippen LogP contribution in [0.3, 0.4) is 0 Å². The normalized spacial score (nSPS) is 12.0. The quantitative estimate of drug-likeness (QED) is 0.476. The fourth-order valence-electron chi connectivity index (χ4n) is 3.54. The second kappa shape index (κ2) is 11.1. The van der Waals surface area contributed by atoms with Crippen molar-refractivity contribution in [2.24, 2.45) is 0 Å². The van der Waals surface area contributed by atoms with Gasteiger partial charge in [-0.05, 0) is 22.3 Å². The van der Waals surface area contributed by atoms with E-state index in [-0.39, 0.29) is 57.6 Å². The number of carbonyl (C=O) groups is 3. The van der Waals surface area contributed by atoms with Gasteiger partial charge in [-0.3, -0.25) is 9.59 Å². The maximum atomic E-state index is 12.0. The summed E-state index contributed by atoms with van der Waals surface area (Å²) in [5.41, 5.74) is 4.66. The molecule has 0 atom stereocenters. The van der Waals surface area contributed by atoms with Gasteiger partial charge in [-0.1, -0.05) is 48.5 Å². The SMILES string of the molecule is O=C(O)CCNC(=O)CCOCCNC(=O)OCC1c2ccccc2-c2ccccc21. The summed E-state index contributed by atoms with van der Waals surface area (Å²) >= 11 is 0. The minimum Gasteiger partial charge on any atom is -0.481 e. The summed E-state index contributed by atoms with van der Waals surface area (Å²) in [5, 5.41) is 13.6. The Morgan fingerprint density at radius 3 is 2.13 bits per heavy atom. The first-order valence-electron chi connectivity index (χ1n) is 10.2. The number of alkyl carbamates (subject to hydrolysis) is 1. The van der Waals surface area contributed by atoms with E-state index in [1.807, 2.05) is 24.3 Å². The van der Waals surface area contributed by atoms with Gasteiger partial charge in [0.1, 0.15) is 6.61 Å². The summed E-state index contributed by atoms with van der Waals surface area (Å²) in [5.74, 6) is -1.23. The number of ether oxygens (including phenoxy) is 2. The molecule has 3 rings (SSSR count). The van der Waals surface area contributed by atoms with Crippen LogP contribution in [0.4, 0.5) is 4.79 Å². The Kier molecular flexibility index (Phi) is 8.00. The number of aliphatic carboxylic acids is 1. The smallest absolute Gasteiger partial charge is 0.407 e. The number of hydrogen-bond donors (Lipinski definition) is 3. The summed E-state index contributed by atoms with van der Waals surface area (Å²) in [7, 11) is 0. The number of carboxylic acid groups (broad SMARTS) is 1. The first-order chi connectivity index (χ1) is 15.1. The Bertz CT molecular complexity index is 884. The van der Waals surface area contributed by atoms with Crippen molar-refractivity contribution in [1.29, 1.82) is 0 Å². The average molecular weight is 426 g/mol. The molecule has 2 aromatic rings. The van der Waals surface area contributed by atoms with Crippen LogP contribution in [0, 0.1) is 0 Å². The molecule has 164 valence electrons. The molecule has 2 amide bonds. The van der Waals surface area contributed by atoms with Crippen LogP contribution in [0.1, 0.15) is 29.9 Å². The van der Waals surface area contributed by atoms with Crippen molar-refractivity contribution in [1.82, 2.24) is 10.6 Å². The highest BCUT2D eigenvalue weighted by molar-refractivity contribution is 5.79. The lowest BCUT2D eigenvalue weighted by Crippen LogP contribution is -2.30. The van der Waals surface area contributed by atoms with Crippen LogP contribution in [-0.2, 0) is 19.1 Å². The van der Waals surface area contributed by atoms with Crippen LogP contribution < -0.4 is 10.6 Å². The molecule has 1 aliphatic rings. The molecule has 1 aliphatic carbocycles. The third-order valence-electron chi connectivity index (χ3n) is 4.99. The Hall–Kier alpha value is -3.39. The topological polar surface area (TPSA) is 114 Å². The summed E-state index contributed by atoms with van der Waals surface area (Å²) in [6.45, 7) is 1.03. The van der Waals surface area contributed by atoms with Crippen molar-refractivity contribution in [3.05, 3.63) is 59.7 Å². The fourth-order valence-corrected chi connectivity index (χ4v) is 3.54. The van der Waals surface area contributed by atoms with Crippen LogP contribution in [0.5, 0.6) is 0 Å². The number of rotatable bonds is 11. The van der Waals surface area contributed by atoms with Crippen molar-refractivity contribution in [3.63, 3.8) is 0 Å². The van der Waals surface area contributed by atoms with Gasteiger partial charge in [0.05, 0.1) is 19.6 Å². The number of carbonyl (C=O) groups excluding carboxylic acids is 2. The molecule has 0 aliphatic heterocycles. The molecule has 31 heavy (non-hydrogen) atoms. The monoisotopic (exact) mass is 426 g/mol. The van der Waals surface area contributed by atoms with Gasteiger partial charge < -0.3 is 25.2 Å². The summed E-state index contributed by atoms with van der Waals surface area (Å²) < 4.78 is 10.7. The molecule has 0 fully saturated rings. The maximum Gasteiger partial charge on any atom is 0.407 e. The third-order valence-corrected chi connectivity index (χ3v) is 4.99. The van der Waals surface area contributed by atoms with Crippen LogP contribution in [0.2, 0.25) is 0 Å². The standard InChI is InChI=1S/C23H26N2O6/c26-21(24-11-9-22(27)28)10-13-30-14-12-25-23(29)31-15-20-18-7-3-1-5-16(18)17-6-2-4-8-19(17)20/h1-8,20H,9-15H2,(H,24,26)(H,25,29)(H,27,28). The highest BCUT2D eigenvalue weighted by atomic mass is 16.5. The zero-order chi connectivity index (χ0) is 22.1. The highest BCUT2D eigenvalue weighted by Gasteiger charge is 2.28. The van der Waals surface area contributed by atoms with E-state index in [1.54, 1.807) is 0 Å². The number of hydrogen-bond acceptors (Lipinski definition) is 5. The molecule has 0 spiro atoms. The summed E-state index contributed by atoms with van der Waals surface area (Å²) in [4.78, 5) is 33.9. The van der Waals surface area contributed by atoms with Crippen LogP contribution in [0.15, 0.2) is 48.5 Å². The fraction of sp³-hybridized carbons (Fsp3) is 0.348. The lowest BCUT2D eigenvalue weighted by molar-refractivity contribution is -0.136. The van der Waals surface area contributed by atoms with E-state index in [4.69, 9.17) is 14.6 Å². The second-order valence-electron chi connectivity index (χ2n) is 7.11. The predicted molar refractivity (Wildman–Crippen MR) is 114 cm³/mol. The number of carboxylic acids is 1. The Labute approximate surface area is 180 Å². The van der Waals surface area contributed by atoms with E-state index in [0.717, 1.165) is 11.1 Å². The molecule has 0 heterocycles. The lowest BCUT2D eigenvalue weighted by Gasteiger charge is -2.14. The molecule has 8 heteroatoms. The van der Waals surface area contributed by atoms with E-state index in [0.29, 0.717) is 0 Å². The Morgan fingerprint density at radius 1 is 0.839 bits per heavy atom. The van der Waals surface area contributed by atoms with Crippen molar-refractivity contribution in [2.75, 3.05) is 32.9 Å². The second-order valence-corrected chi connectivity index (χ2v) is 7.11. The van der Waals surface area contributed by atoms with E-state index in [1.165, 1.54) is 11.1 Å².